The van der Waals surface area contributed by atoms with E-state index in [0.717, 1.165) is 24.0 Å². The molecule has 1 atom stereocenters. The van der Waals surface area contributed by atoms with Crippen LogP contribution in [0.3, 0.4) is 0 Å². The Morgan fingerprint density at radius 2 is 1.61 bits per heavy atom. The minimum Gasteiger partial charge on any atom is -0.345 e. The van der Waals surface area contributed by atoms with Crippen LogP contribution in [0.15, 0.2) is 72.8 Å². The van der Waals surface area contributed by atoms with Crippen LogP contribution in [0, 0.1) is 5.82 Å². The first-order chi connectivity index (χ1) is 18.3. The molecule has 2 N–H and O–H groups in total. The molecule has 3 aromatic carbocycles. The summed E-state index contributed by atoms with van der Waals surface area (Å²) in [5.74, 6) is -0.367. The van der Waals surface area contributed by atoms with E-state index in [1.807, 2.05) is 66.4 Å². The van der Waals surface area contributed by atoms with Crippen molar-refractivity contribution in [2.75, 3.05) is 18.4 Å². The lowest BCUT2D eigenvalue weighted by atomic mass is 9.89. The summed E-state index contributed by atoms with van der Waals surface area (Å²) in [5.41, 5.74) is 4.38. The molecule has 38 heavy (non-hydrogen) atoms. The van der Waals surface area contributed by atoms with Gasteiger partial charge in [-0.05, 0) is 84.7 Å². The molecule has 3 aromatic rings. The van der Waals surface area contributed by atoms with Gasteiger partial charge in [0.2, 0.25) is 11.8 Å². The molecule has 1 unspecified atom stereocenters. The first-order valence-corrected chi connectivity index (χ1v) is 13.1. The van der Waals surface area contributed by atoms with Crippen LogP contribution >= 0.6 is 0 Å². The predicted molar refractivity (Wildman–Crippen MR) is 146 cm³/mol. The lowest BCUT2D eigenvalue weighted by Gasteiger charge is -2.32. The highest BCUT2D eigenvalue weighted by Gasteiger charge is 2.25. The third kappa shape index (κ3) is 7.06. The third-order valence-electron chi connectivity index (χ3n) is 7.01. The Morgan fingerprint density at radius 1 is 0.947 bits per heavy atom. The van der Waals surface area contributed by atoms with Gasteiger partial charge in [0.05, 0.1) is 0 Å². The Kier molecular flexibility index (Phi) is 8.89. The molecule has 0 saturated carbocycles. The zero-order valence-electron chi connectivity index (χ0n) is 21.9. The van der Waals surface area contributed by atoms with Gasteiger partial charge < -0.3 is 15.5 Å². The minimum absolute atomic E-state index is 0.0206. The molecule has 1 fully saturated rings. The van der Waals surface area contributed by atoms with Crippen molar-refractivity contribution in [3.8, 4) is 0 Å². The molecule has 0 aromatic heterocycles. The fourth-order valence-electron chi connectivity index (χ4n) is 4.96. The van der Waals surface area contributed by atoms with Gasteiger partial charge in [0.25, 0.3) is 5.91 Å². The van der Waals surface area contributed by atoms with E-state index in [1.54, 1.807) is 6.07 Å². The number of nitrogens with one attached hydrogen (secondary N) is 2. The van der Waals surface area contributed by atoms with E-state index in [1.165, 1.54) is 24.6 Å². The number of piperidine rings is 1. The van der Waals surface area contributed by atoms with Crippen molar-refractivity contribution in [3.05, 3.63) is 101 Å². The van der Waals surface area contributed by atoms with E-state index in [9.17, 15) is 18.8 Å². The van der Waals surface area contributed by atoms with Crippen molar-refractivity contribution in [2.45, 2.75) is 51.5 Å². The van der Waals surface area contributed by atoms with E-state index in [2.05, 4.69) is 10.6 Å². The minimum atomic E-state index is -0.559. The van der Waals surface area contributed by atoms with Gasteiger partial charge in [-0.15, -0.1) is 0 Å². The van der Waals surface area contributed by atoms with E-state index in [-0.39, 0.29) is 23.5 Å². The maximum Gasteiger partial charge on any atom is 0.253 e. The molecule has 6 nitrogen and oxygen atoms in total. The van der Waals surface area contributed by atoms with Crippen LogP contribution < -0.4 is 10.6 Å². The van der Waals surface area contributed by atoms with Gasteiger partial charge in [-0.1, -0.05) is 43.3 Å². The molecule has 0 radical (unpaired) electrons. The third-order valence-corrected chi connectivity index (χ3v) is 7.01. The van der Waals surface area contributed by atoms with Gasteiger partial charge >= 0.3 is 0 Å². The van der Waals surface area contributed by atoms with Crippen LogP contribution in [0.5, 0.6) is 0 Å². The Hall–Kier alpha value is -4.00. The van der Waals surface area contributed by atoms with Gasteiger partial charge in [0.15, 0.2) is 0 Å². The number of nitrogens with zero attached hydrogens (tertiary/aromatic N) is 1. The van der Waals surface area contributed by atoms with Crippen LogP contribution in [0.1, 0.15) is 66.1 Å². The van der Waals surface area contributed by atoms with Crippen LogP contribution in [0.2, 0.25) is 0 Å². The van der Waals surface area contributed by atoms with Crippen LogP contribution in [-0.2, 0) is 16.0 Å². The number of carbonyl (C=O) groups excluding carboxylic acids is 3. The van der Waals surface area contributed by atoms with Gasteiger partial charge in [0, 0.05) is 31.3 Å². The number of anilines is 1. The van der Waals surface area contributed by atoms with Gasteiger partial charge in [-0.3, -0.25) is 14.4 Å². The normalized spacial score (nSPS) is 14.6. The molecule has 4 rings (SSSR count). The molecule has 0 bridgehead atoms. The molecular formula is C31H34FN3O3. The van der Waals surface area contributed by atoms with Gasteiger partial charge in [-0.25, -0.2) is 4.39 Å². The smallest absolute Gasteiger partial charge is 0.253 e. The standard InChI is InChI=1S/C31H34FN3O3/c1-3-29(33-21(2)36)30(37)34-28-12-10-24(11-13-28)25-14-16-35(17-15-25)31(38)26-8-4-6-22(19-26)18-23-7-5-9-27(32)20-23/h4-13,19-20,25,29H,3,14-18H2,1-2H3,(H,33,36)(H,34,37). The predicted octanol–water partition coefficient (Wildman–Crippen LogP) is 5.29. The van der Waals surface area contributed by atoms with Crippen molar-refractivity contribution in [1.82, 2.24) is 10.2 Å². The average Bonchev–Trinajstić information content (AvgIpc) is 2.92. The highest BCUT2D eigenvalue weighted by atomic mass is 19.1. The number of likely N-dealkylation sites (tertiary alicyclic amines) is 1. The zero-order valence-corrected chi connectivity index (χ0v) is 21.9. The summed E-state index contributed by atoms with van der Waals surface area (Å²) in [5, 5.41) is 5.52. The lowest BCUT2D eigenvalue weighted by Crippen LogP contribution is -2.42. The molecule has 1 heterocycles. The molecule has 3 amide bonds. The Bertz CT molecular complexity index is 1280. The van der Waals surface area contributed by atoms with Crippen molar-refractivity contribution in [1.29, 1.82) is 0 Å². The summed E-state index contributed by atoms with van der Waals surface area (Å²) in [6.45, 7) is 4.59. The molecule has 7 heteroatoms. The Balaban J connectivity index is 1.31. The molecule has 1 aliphatic heterocycles. The van der Waals surface area contributed by atoms with Crippen LogP contribution in [0.25, 0.3) is 0 Å². The second-order valence-corrected chi connectivity index (χ2v) is 9.85. The van der Waals surface area contributed by atoms with Crippen LogP contribution in [-0.4, -0.2) is 41.8 Å². The summed E-state index contributed by atoms with van der Waals surface area (Å²) in [7, 11) is 0. The fourth-order valence-corrected chi connectivity index (χ4v) is 4.96. The number of amides is 3. The number of hydrogen-bond acceptors (Lipinski definition) is 3. The molecular weight excluding hydrogens is 481 g/mol. The molecule has 1 saturated heterocycles. The summed E-state index contributed by atoms with van der Waals surface area (Å²) in [6.07, 6.45) is 2.81. The van der Waals surface area contributed by atoms with Gasteiger partial charge in [0.1, 0.15) is 11.9 Å². The zero-order chi connectivity index (χ0) is 27.1. The second kappa shape index (κ2) is 12.5. The Morgan fingerprint density at radius 3 is 2.24 bits per heavy atom. The number of benzene rings is 3. The van der Waals surface area contributed by atoms with Crippen molar-refractivity contribution in [3.63, 3.8) is 0 Å². The van der Waals surface area contributed by atoms with E-state index in [0.29, 0.717) is 43.1 Å². The largest absolute Gasteiger partial charge is 0.345 e. The van der Waals surface area contributed by atoms with E-state index < -0.39 is 6.04 Å². The monoisotopic (exact) mass is 515 g/mol. The summed E-state index contributed by atoms with van der Waals surface area (Å²) < 4.78 is 13.5. The van der Waals surface area contributed by atoms with Crippen molar-refractivity contribution >= 4 is 23.4 Å². The van der Waals surface area contributed by atoms with Crippen molar-refractivity contribution < 1.29 is 18.8 Å². The van der Waals surface area contributed by atoms with E-state index >= 15 is 0 Å². The average molecular weight is 516 g/mol. The Labute approximate surface area is 223 Å². The van der Waals surface area contributed by atoms with Crippen LogP contribution in [0.4, 0.5) is 10.1 Å². The number of halogens is 1. The highest BCUT2D eigenvalue weighted by molar-refractivity contribution is 5.97. The first-order valence-electron chi connectivity index (χ1n) is 13.1. The molecule has 0 spiro atoms. The lowest BCUT2D eigenvalue weighted by molar-refractivity contribution is -0.125. The maximum absolute atomic E-state index is 13.5. The quantitative estimate of drug-likeness (QED) is 0.428. The topological polar surface area (TPSA) is 78.5 Å². The number of rotatable bonds is 8. The summed E-state index contributed by atoms with van der Waals surface area (Å²) in [4.78, 5) is 38.8. The fraction of sp³-hybridized carbons (Fsp3) is 0.323. The maximum atomic E-state index is 13.5. The highest BCUT2D eigenvalue weighted by Crippen LogP contribution is 2.29. The summed E-state index contributed by atoms with van der Waals surface area (Å²) in [6, 6.07) is 21.4. The molecule has 0 aliphatic carbocycles. The number of carbonyl (C=O) groups is 3. The van der Waals surface area contributed by atoms with Crippen molar-refractivity contribution in [2.24, 2.45) is 0 Å². The SMILES string of the molecule is CCC(NC(C)=O)C(=O)Nc1ccc(C2CCN(C(=O)c3cccc(Cc4cccc(F)c4)c3)CC2)cc1. The molecule has 198 valence electrons. The van der Waals surface area contributed by atoms with Gasteiger partial charge in [-0.2, -0.15) is 0 Å². The number of hydrogen-bond donors (Lipinski definition) is 2. The first kappa shape index (κ1) is 27.0. The molecule has 1 aliphatic rings. The second-order valence-electron chi connectivity index (χ2n) is 9.85. The summed E-state index contributed by atoms with van der Waals surface area (Å²) >= 11 is 0. The van der Waals surface area contributed by atoms with E-state index in [4.69, 9.17) is 0 Å².